The number of anilines is 1. The van der Waals surface area contributed by atoms with Gasteiger partial charge in [0.2, 0.25) is 23.5 Å². The molecule has 1 aliphatic rings. The van der Waals surface area contributed by atoms with Gasteiger partial charge in [-0.15, -0.1) is 0 Å². The topological polar surface area (TPSA) is 88.3 Å². The molecule has 166 valence electrons. The van der Waals surface area contributed by atoms with E-state index in [2.05, 4.69) is 27.6 Å². The van der Waals surface area contributed by atoms with E-state index in [-0.39, 0.29) is 17.7 Å². The Morgan fingerprint density at radius 2 is 2.00 bits per heavy atom. The summed E-state index contributed by atoms with van der Waals surface area (Å²) in [4.78, 5) is 30.9. The zero-order valence-electron chi connectivity index (χ0n) is 18.3. The van der Waals surface area contributed by atoms with E-state index in [1.807, 2.05) is 54.3 Å². The third kappa shape index (κ3) is 5.41. The van der Waals surface area contributed by atoms with Crippen LogP contribution in [0.25, 0.3) is 11.4 Å². The number of piperidine rings is 1. The van der Waals surface area contributed by atoms with Crippen molar-refractivity contribution in [3.63, 3.8) is 0 Å². The first kappa shape index (κ1) is 21.7. The number of benzene rings is 2. The largest absolute Gasteiger partial charge is 0.342 e. The molecule has 1 fully saturated rings. The molecule has 2 heterocycles. The second-order valence-corrected chi connectivity index (χ2v) is 8.10. The summed E-state index contributed by atoms with van der Waals surface area (Å²) in [5.74, 6) is 1.20. The van der Waals surface area contributed by atoms with Crippen molar-refractivity contribution in [2.75, 3.05) is 18.4 Å². The van der Waals surface area contributed by atoms with Gasteiger partial charge in [-0.2, -0.15) is 4.98 Å². The lowest BCUT2D eigenvalue weighted by atomic mass is 9.97. The van der Waals surface area contributed by atoms with Gasteiger partial charge in [-0.05, 0) is 37.0 Å². The fraction of sp³-hybridized carbons (Fsp3) is 0.360. The van der Waals surface area contributed by atoms with E-state index >= 15 is 0 Å². The Kier molecular flexibility index (Phi) is 6.94. The first-order chi connectivity index (χ1) is 15.6. The standard InChI is InChI=1S/C25H28N4O3/c1-2-22(30)26-21-12-6-10-19(16-21)24-27-25(32-28-24)20-11-7-15-29(17-20)23(31)14-13-18-8-4-3-5-9-18/h3-6,8-10,12,16,20H,2,7,11,13-15,17H2,1H3,(H,26,30)/t20-/m1/s1. The van der Waals surface area contributed by atoms with E-state index in [0.29, 0.717) is 36.8 Å². The van der Waals surface area contributed by atoms with E-state index in [1.54, 1.807) is 0 Å². The van der Waals surface area contributed by atoms with Gasteiger partial charge >= 0.3 is 0 Å². The smallest absolute Gasteiger partial charge is 0.231 e. The third-order valence-electron chi connectivity index (χ3n) is 5.76. The predicted octanol–water partition coefficient (Wildman–Crippen LogP) is 4.42. The van der Waals surface area contributed by atoms with Crippen molar-refractivity contribution < 1.29 is 14.1 Å². The maximum absolute atomic E-state index is 12.8. The molecule has 1 N–H and O–H groups in total. The Hall–Kier alpha value is -3.48. The molecule has 7 heteroatoms. The Balaban J connectivity index is 1.39. The van der Waals surface area contributed by atoms with Gasteiger partial charge in [-0.25, -0.2) is 0 Å². The van der Waals surface area contributed by atoms with Crippen molar-refractivity contribution in [3.05, 3.63) is 66.1 Å². The average Bonchev–Trinajstić information content (AvgIpc) is 3.34. The van der Waals surface area contributed by atoms with Crippen molar-refractivity contribution in [2.24, 2.45) is 0 Å². The molecule has 1 aliphatic heterocycles. The van der Waals surface area contributed by atoms with Gasteiger partial charge in [0.1, 0.15) is 0 Å². The fourth-order valence-electron chi connectivity index (χ4n) is 3.96. The quantitative estimate of drug-likeness (QED) is 0.597. The van der Waals surface area contributed by atoms with Crippen LogP contribution in [0.2, 0.25) is 0 Å². The normalized spacial score (nSPS) is 16.0. The Labute approximate surface area is 187 Å². The lowest BCUT2D eigenvalue weighted by Gasteiger charge is -2.31. The molecule has 0 unspecified atom stereocenters. The second kappa shape index (κ2) is 10.2. The van der Waals surface area contributed by atoms with E-state index in [1.165, 1.54) is 5.56 Å². The van der Waals surface area contributed by atoms with Crippen LogP contribution < -0.4 is 5.32 Å². The second-order valence-electron chi connectivity index (χ2n) is 8.10. The van der Waals surface area contributed by atoms with Crippen LogP contribution in [-0.2, 0) is 16.0 Å². The molecule has 1 aromatic heterocycles. The van der Waals surface area contributed by atoms with Gasteiger partial charge in [-0.3, -0.25) is 9.59 Å². The van der Waals surface area contributed by atoms with Crippen LogP contribution in [-0.4, -0.2) is 39.9 Å². The molecule has 1 saturated heterocycles. The van der Waals surface area contributed by atoms with Crippen LogP contribution in [0.1, 0.15) is 50.0 Å². The highest BCUT2D eigenvalue weighted by Gasteiger charge is 2.28. The Morgan fingerprint density at radius 3 is 2.81 bits per heavy atom. The van der Waals surface area contributed by atoms with Crippen molar-refractivity contribution in [1.29, 1.82) is 0 Å². The van der Waals surface area contributed by atoms with Gasteiger partial charge in [0.25, 0.3) is 0 Å². The third-order valence-corrected chi connectivity index (χ3v) is 5.76. The number of rotatable bonds is 7. The molecule has 0 radical (unpaired) electrons. The van der Waals surface area contributed by atoms with Crippen molar-refractivity contribution in [3.8, 4) is 11.4 Å². The molecule has 2 amide bonds. The number of hydrogen-bond donors (Lipinski definition) is 1. The molecule has 7 nitrogen and oxygen atoms in total. The first-order valence-corrected chi connectivity index (χ1v) is 11.2. The highest BCUT2D eigenvalue weighted by atomic mass is 16.5. The van der Waals surface area contributed by atoms with Crippen LogP contribution in [0.3, 0.4) is 0 Å². The van der Waals surface area contributed by atoms with E-state index in [0.717, 1.165) is 31.4 Å². The first-order valence-electron chi connectivity index (χ1n) is 11.2. The van der Waals surface area contributed by atoms with Gasteiger partial charge in [-0.1, -0.05) is 54.5 Å². The van der Waals surface area contributed by atoms with Crippen LogP contribution in [0.5, 0.6) is 0 Å². The monoisotopic (exact) mass is 432 g/mol. The zero-order valence-corrected chi connectivity index (χ0v) is 18.3. The molecule has 0 bridgehead atoms. The average molecular weight is 433 g/mol. The molecular weight excluding hydrogens is 404 g/mol. The lowest BCUT2D eigenvalue weighted by molar-refractivity contribution is -0.132. The van der Waals surface area contributed by atoms with E-state index in [4.69, 9.17) is 4.52 Å². The summed E-state index contributed by atoms with van der Waals surface area (Å²) in [6, 6.07) is 17.5. The minimum Gasteiger partial charge on any atom is -0.342 e. The maximum Gasteiger partial charge on any atom is 0.231 e. The fourth-order valence-corrected chi connectivity index (χ4v) is 3.96. The molecule has 0 spiro atoms. The lowest BCUT2D eigenvalue weighted by Crippen LogP contribution is -2.39. The number of carbonyl (C=O) groups is 2. The van der Waals surface area contributed by atoms with Crippen molar-refractivity contribution in [1.82, 2.24) is 15.0 Å². The molecule has 0 aliphatic carbocycles. The number of nitrogens with zero attached hydrogens (tertiary/aromatic N) is 3. The van der Waals surface area contributed by atoms with Crippen LogP contribution >= 0.6 is 0 Å². The molecular formula is C25H28N4O3. The van der Waals surface area contributed by atoms with Gasteiger partial charge in [0.15, 0.2) is 0 Å². The summed E-state index contributed by atoms with van der Waals surface area (Å²) in [5.41, 5.74) is 2.65. The summed E-state index contributed by atoms with van der Waals surface area (Å²) < 4.78 is 5.57. The van der Waals surface area contributed by atoms with Gasteiger partial charge < -0.3 is 14.7 Å². The number of likely N-dealkylation sites (tertiary alicyclic amines) is 1. The zero-order chi connectivity index (χ0) is 22.3. The summed E-state index contributed by atoms with van der Waals surface area (Å²) >= 11 is 0. The van der Waals surface area contributed by atoms with E-state index < -0.39 is 0 Å². The Bertz CT molecular complexity index is 1060. The van der Waals surface area contributed by atoms with Crippen LogP contribution in [0.4, 0.5) is 5.69 Å². The maximum atomic E-state index is 12.8. The van der Waals surface area contributed by atoms with Crippen LogP contribution in [0, 0.1) is 0 Å². The van der Waals surface area contributed by atoms with Crippen molar-refractivity contribution in [2.45, 2.75) is 44.9 Å². The van der Waals surface area contributed by atoms with Gasteiger partial charge in [0, 0.05) is 37.2 Å². The van der Waals surface area contributed by atoms with Crippen LogP contribution in [0.15, 0.2) is 59.1 Å². The molecule has 32 heavy (non-hydrogen) atoms. The number of carbonyl (C=O) groups excluding carboxylic acids is 2. The van der Waals surface area contributed by atoms with E-state index in [9.17, 15) is 9.59 Å². The highest BCUT2D eigenvalue weighted by Crippen LogP contribution is 2.28. The molecule has 0 saturated carbocycles. The molecule has 1 atom stereocenters. The minimum atomic E-state index is -0.0461. The summed E-state index contributed by atoms with van der Waals surface area (Å²) in [5, 5.41) is 6.99. The SMILES string of the molecule is CCC(=O)Nc1cccc(-c2noc([C@@H]3CCCN(C(=O)CCc4ccccc4)C3)n2)c1. The summed E-state index contributed by atoms with van der Waals surface area (Å²) in [6.07, 6.45) is 3.49. The molecule has 4 rings (SSSR count). The van der Waals surface area contributed by atoms with Crippen molar-refractivity contribution >= 4 is 17.5 Å². The highest BCUT2D eigenvalue weighted by molar-refractivity contribution is 5.91. The predicted molar refractivity (Wildman–Crippen MR) is 122 cm³/mol. The summed E-state index contributed by atoms with van der Waals surface area (Å²) in [6.45, 7) is 3.18. The number of aryl methyl sites for hydroxylation is 1. The number of amides is 2. The molecule has 3 aromatic rings. The number of aromatic nitrogens is 2. The number of hydrogen-bond acceptors (Lipinski definition) is 5. The Morgan fingerprint density at radius 1 is 1.16 bits per heavy atom. The molecule has 2 aromatic carbocycles. The minimum absolute atomic E-state index is 0.0358. The summed E-state index contributed by atoms with van der Waals surface area (Å²) in [7, 11) is 0. The number of nitrogens with one attached hydrogen (secondary N) is 1. The van der Waals surface area contributed by atoms with Gasteiger partial charge in [0.05, 0.1) is 5.92 Å².